The molecule has 7 heteroatoms. The molecule has 1 atom stereocenters. The van der Waals surface area contributed by atoms with Crippen LogP contribution >= 0.6 is 0 Å². The Morgan fingerprint density at radius 3 is 2.53 bits per heavy atom. The summed E-state index contributed by atoms with van der Waals surface area (Å²) >= 11 is 0. The van der Waals surface area contributed by atoms with Crippen molar-refractivity contribution in [3.05, 3.63) is 0 Å². The molecule has 1 aliphatic rings. The quantitative estimate of drug-likeness (QED) is 0.796. The van der Waals surface area contributed by atoms with Crippen LogP contribution in [0.15, 0.2) is 0 Å². The van der Waals surface area contributed by atoms with Crippen molar-refractivity contribution in [3.8, 4) is 0 Å². The van der Waals surface area contributed by atoms with Crippen molar-refractivity contribution in [1.82, 2.24) is 8.61 Å². The summed E-state index contributed by atoms with van der Waals surface area (Å²) < 4.78 is 27.6. The Labute approximate surface area is 115 Å². The molecule has 1 rings (SSSR count). The van der Waals surface area contributed by atoms with Crippen LogP contribution in [-0.2, 0) is 15.0 Å². The first kappa shape index (κ1) is 16.4. The molecule has 1 aliphatic heterocycles. The molecule has 112 valence electrons. The molecule has 0 saturated carbocycles. The van der Waals surface area contributed by atoms with Gasteiger partial charge in [-0.15, -0.1) is 0 Å². The highest BCUT2D eigenvalue weighted by molar-refractivity contribution is 7.86. The van der Waals surface area contributed by atoms with Gasteiger partial charge in [-0.05, 0) is 25.2 Å². The fourth-order valence-corrected chi connectivity index (χ4v) is 4.36. The summed E-state index contributed by atoms with van der Waals surface area (Å²) in [7, 11) is -3.68. The summed E-state index contributed by atoms with van der Waals surface area (Å²) in [6.45, 7) is 6.75. The minimum Gasteiger partial charge on any atom is -0.480 e. The van der Waals surface area contributed by atoms with Gasteiger partial charge in [0.15, 0.2) is 0 Å². The number of carboxylic acids is 1. The van der Waals surface area contributed by atoms with Gasteiger partial charge in [-0.25, -0.2) is 0 Å². The number of nitrogens with zero attached hydrogens (tertiary/aromatic N) is 2. The van der Waals surface area contributed by atoms with E-state index in [1.807, 2.05) is 13.8 Å². The van der Waals surface area contributed by atoms with Crippen LogP contribution in [0.4, 0.5) is 0 Å². The second-order valence-corrected chi connectivity index (χ2v) is 7.19. The lowest BCUT2D eigenvalue weighted by Gasteiger charge is -2.36. The van der Waals surface area contributed by atoms with Crippen LogP contribution in [0.25, 0.3) is 0 Å². The lowest BCUT2D eigenvalue weighted by Crippen LogP contribution is -2.53. The molecule has 6 nitrogen and oxygen atoms in total. The van der Waals surface area contributed by atoms with E-state index in [0.717, 1.165) is 17.1 Å². The molecular formula is C12H24N2O4S. The van der Waals surface area contributed by atoms with Crippen molar-refractivity contribution in [1.29, 1.82) is 0 Å². The minimum absolute atomic E-state index is 0.211. The fraction of sp³-hybridized carbons (Fsp3) is 0.917. The third kappa shape index (κ3) is 3.90. The zero-order valence-corrected chi connectivity index (χ0v) is 12.7. The Hall–Kier alpha value is -0.660. The van der Waals surface area contributed by atoms with E-state index in [2.05, 4.69) is 0 Å². The van der Waals surface area contributed by atoms with Crippen LogP contribution in [0.1, 0.15) is 40.0 Å². The zero-order valence-electron chi connectivity index (χ0n) is 11.9. The van der Waals surface area contributed by atoms with Crippen LogP contribution in [-0.4, -0.2) is 53.8 Å². The van der Waals surface area contributed by atoms with Gasteiger partial charge in [-0.2, -0.15) is 17.0 Å². The van der Waals surface area contributed by atoms with Crippen LogP contribution in [0.3, 0.4) is 0 Å². The van der Waals surface area contributed by atoms with E-state index in [-0.39, 0.29) is 5.92 Å². The number of carbonyl (C=O) groups is 1. The van der Waals surface area contributed by atoms with E-state index < -0.39 is 22.2 Å². The Morgan fingerprint density at radius 1 is 1.42 bits per heavy atom. The third-order valence-electron chi connectivity index (χ3n) is 3.28. The topological polar surface area (TPSA) is 77.9 Å². The Balaban J connectivity index is 2.98. The van der Waals surface area contributed by atoms with Gasteiger partial charge in [0.2, 0.25) is 0 Å². The van der Waals surface area contributed by atoms with Crippen molar-refractivity contribution >= 4 is 16.2 Å². The van der Waals surface area contributed by atoms with Gasteiger partial charge in [-0.1, -0.05) is 20.8 Å². The molecule has 0 bridgehead atoms. The maximum atomic E-state index is 12.6. The Kier molecular flexibility index (Phi) is 5.76. The summed E-state index contributed by atoms with van der Waals surface area (Å²) in [5.74, 6) is -0.841. The zero-order chi connectivity index (χ0) is 14.6. The van der Waals surface area contributed by atoms with E-state index in [9.17, 15) is 18.3 Å². The largest absolute Gasteiger partial charge is 0.480 e. The molecule has 1 unspecified atom stereocenters. The Morgan fingerprint density at radius 2 is 2.05 bits per heavy atom. The van der Waals surface area contributed by atoms with Gasteiger partial charge in [0.1, 0.15) is 6.04 Å². The number of carboxylic acid groups (broad SMARTS) is 1. The predicted molar refractivity (Wildman–Crippen MR) is 73.0 cm³/mol. The van der Waals surface area contributed by atoms with Crippen LogP contribution in [0.2, 0.25) is 0 Å². The number of aliphatic carboxylic acids is 1. The summed E-state index contributed by atoms with van der Waals surface area (Å²) in [4.78, 5) is 11.2. The molecule has 1 N–H and O–H groups in total. The first-order chi connectivity index (χ1) is 8.80. The van der Waals surface area contributed by atoms with Gasteiger partial charge in [0, 0.05) is 19.6 Å². The van der Waals surface area contributed by atoms with Crippen molar-refractivity contribution in [3.63, 3.8) is 0 Å². The Bertz CT molecular complexity index is 408. The maximum absolute atomic E-state index is 12.6. The van der Waals surface area contributed by atoms with Crippen molar-refractivity contribution in [2.45, 2.75) is 46.1 Å². The van der Waals surface area contributed by atoms with Gasteiger partial charge in [0.25, 0.3) is 10.2 Å². The molecule has 0 aromatic carbocycles. The number of hydrogen-bond donors (Lipinski definition) is 1. The second kappa shape index (κ2) is 6.67. The van der Waals surface area contributed by atoms with Crippen LogP contribution in [0, 0.1) is 5.92 Å². The smallest absolute Gasteiger partial charge is 0.322 e. The molecule has 0 amide bonds. The van der Waals surface area contributed by atoms with E-state index in [4.69, 9.17) is 0 Å². The molecule has 0 radical (unpaired) electrons. The lowest BCUT2D eigenvalue weighted by molar-refractivity contribution is -0.142. The first-order valence-corrected chi connectivity index (χ1v) is 8.20. The van der Waals surface area contributed by atoms with Gasteiger partial charge in [0.05, 0.1) is 0 Å². The average Bonchev–Trinajstić information content (AvgIpc) is 2.35. The molecule has 1 heterocycles. The van der Waals surface area contributed by atoms with Crippen molar-refractivity contribution in [2.24, 2.45) is 5.92 Å². The molecule has 0 spiro atoms. The average molecular weight is 292 g/mol. The molecule has 1 saturated heterocycles. The number of hydrogen-bond acceptors (Lipinski definition) is 3. The van der Waals surface area contributed by atoms with Crippen LogP contribution in [0.5, 0.6) is 0 Å². The maximum Gasteiger partial charge on any atom is 0.322 e. The lowest BCUT2D eigenvalue weighted by atomic mass is 10.1. The fourth-order valence-electron chi connectivity index (χ4n) is 2.37. The van der Waals surface area contributed by atoms with E-state index >= 15 is 0 Å². The summed E-state index contributed by atoms with van der Waals surface area (Å²) in [6.07, 6.45) is 1.88. The predicted octanol–water partition coefficient (Wildman–Crippen LogP) is 1.15. The number of piperidine rings is 1. The molecule has 0 aromatic rings. The van der Waals surface area contributed by atoms with E-state index in [1.54, 1.807) is 6.92 Å². The van der Waals surface area contributed by atoms with Crippen molar-refractivity contribution < 1.29 is 18.3 Å². The summed E-state index contributed by atoms with van der Waals surface area (Å²) in [5, 5.41) is 9.18. The van der Waals surface area contributed by atoms with Gasteiger partial charge < -0.3 is 5.11 Å². The highest BCUT2D eigenvalue weighted by Crippen LogP contribution is 2.23. The molecule has 1 fully saturated rings. The highest BCUT2D eigenvalue weighted by Gasteiger charge is 2.39. The molecular weight excluding hydrogens is 268 g/mol. The van der Waals surface area contributed by atoms with E-state index in [1.165, 1.54) is 4.31 Å². The minimum atomic E-state index is -3.68. The molecule has 0 aromatic heterocycles. The first-order valence-electron chi connectivity index (χ1n) is 6.80. The normalized spacial score (nSPS) is 22.1. The highest BCUT2D eigenvalue weighted by atomic mass is 32.2. The van der Waals surface area contributed by atoms with E-state index in [0.29, 0.717) is 26.1 Å². The summed E-state index contributed by atoms with van der Waals surface area (Å²) in [6, 6.07) is -0.917. The van der Waals surface area contributed by atoms with Crippen molar-refractivity contribution in [2.75, 3.05) is 19.6 Å². The van der Waals surface area contributed by atoms with Gasteiger partial charge in [-0.3, -0.25) is 4.79 Å². The monoisotopic (exact) mass is 292 g/mol. The molecule has 19 heavy (non-hydrogen) atoms. The second-order valence-electron chi connectivity index (χ2n) is 5.31. The van der Waals surface area contributed by atoms with Crippen LogP contribution < -0.4 is 0 Å². The molecule has 0 aliphatic carbocycles. The van der Waals surface area contributed by atoms with Gasteiger partial charge >= 0.3 is 5.97 Å². The third-order valence-corrected chi connectivity index (χ3v) is 5.37. The summed E-state index contributed by atoms with van der Waals surface area (Å²) in [5.41, 5.74) is 0. The SMILES string of the molecule is CCN(CC(C)C)S(=O)(=O)N1CCCCC1C(=O)O. The number of rotatable bonds is 6. The standard InChI is InChI=1S/C12H24N2O4S/c1-4-13(9-10(2)3)19(17,18)14-8-6-5-7-11(14)12(15)16/h10-11H,4-9H2,1-3H3,(H,15,16).